The van der Waals surface area contributed by atoms with E-state index < -0.39 is 6.17 Å². The van der Waals surface area contributed by atoms with E-state index in [0.717, 1.165) is 70.8 Å². The number of thiophene rings is 2. The van der Waals surface area contributed by atoms with Crippen molar-refractivity contribution < 1.29 is 14.0 Å². The number of alkyl halides is 1. The highest BCUT2D eigenvalue weighted by Gasteiger charge is 2.34. The molecular weight excluding hydrogens is 696 g/mol. The van der Waals surface area contributed by atoms with E-state index in [9.17, 15) is 9.59 Å². The number of hydrogen-bond donors (Lipinski definition) is 3. The summed E-state index contributed by atoms with van der Waals surface area (Å²) in [6.07, 6.45) is 0.579. The van der Waals surface area contributed by atoms with Crippen molar-refractivity contribution in [2.75, 3.05) is 23.7 Å². The summed E-state index contributed by atoms with van der Waals surface area (Å²) in [6.45, 7) is 9.32. The van der Waals surface area contributed by atoms with E-state index in [1.54, 1.807) is 40.9 Å². The molecule has 2 amide bonds. The van der Waals surface area contributed by atoms with Crippen molar-refractivity contribution in [3.05, 3.63) is 68.9 Å². The van der Waals surface area contributed by atoms with E-state index in [-0.39, 0.29) is 30.4 Å². The van der Waals surface area contributed by atoms with Gasteiger partial charge in [-0.3, -0.25) is 14.5 Å². The molecule has 3 unspecified atom stereocenters. The van der Waals surface area contributed by atoms with Gasteiger partial charge in [0.1, 0.15) is 26.2 Å². The smallest absolute Gasteiger partial charge is 0.221 e. The van der Waals surface area contributed by atoms with E-state index in [2.05, 4.69) is 59.0 Å². The Morgan fingerprint density at radius 1 is 0.959 bits per heavy atom. The van der Waals surface area contributed by atoms with Crippen molar-refractivity contribution in [3.8, 4) is 21.1 Å². The van der Waals surface area contributed by atoms with Crippen molar-refractivity contribution in [3.63, 3.8) is 0 Å². The van der Waals surface area contributed by atoms with Gasteiger partial charge in [0.15, 0.2) is 0 Å². The first kappa shape index (κ1) is 32.6. The lowest BCUT2D eigenvalue weighted by atomic mass is 9.95. The second-order valence-electron chi connectivity index (χ2n) is 12.8. The maximum absolute atomic E-state index is 15.2. The van der Waals surface area contributed by atoms with Crippen LogP contribution >= 0.6 is 45.3 Å². The number of carbonyl (C=O) groups is 2. The molecule has 0 radical (unpaired) electrons. The highest BCUT2D eigenvalue weighted by Crippen LogP contribution is 2.50. The van der Waals surface area contributed by atoms with Crippen molar-refractivity contribution in [1.82, 2.24) is 20.2 Å². The highest BCUT2D eigenvalue weighted by atomic mass is 32.1. The predicted octanol–water partition coefficient (Wildman–Crippen LogP) is 8.94. The maximum atomic E-state index is 15.2. The van der Waals surface area contributed by atoms with E-state index in [4.69, 9.17) is 9.97 Å². The molecule has 0 saturated heterocycles. The SMILES string of the molecule is CC(=O)Nc1sc2c(c1-c1nc3ccccc3s1)CCN(C(C)Cc1ccc3sc(-c4c(NC(C)=O)sc5c4C(F)CNC5)nc3c1)C2C. The Morgan fingerprint density at radius 2 is 1.65 bits per heavy atom. The molecular formula is C36H35FN6O2S4. The Morgan fingerprint density at radius 3 is 2.41 bits per heavy atom. The first-order valence-electron chi connectivity index (χ1n) is 16.4. The van der Waals surface area contributed by atoms with Gasteiger partial charge in [-0.25, -0.2) is 14.4 Å². The van der Waals surface area contributed by atoms with E-state index in [1.807, 2.05) is 18.2 Å². The van der Waals surface area contributed by atoms with Gasteiger partial charge in [-0.1, -0.05) is 18.2 Å². The van der Waals surface area contributed by atoms with Crippen LogP contribution < -0.4 is 16.0 Å². The van der Waals surface area contributed by atoms with Crippen LogP contribution in [0.5, 0.6) is 0 Å². The van der Waals surface area contributed by atoms with Gasteiger partial charge < -0.3 is 16.0 Å². The predicted molar refractivity (Wildman–Crippen MR) is 202 cm³/mol. The minimum absolute atomic E-state index is 0.0776. The third kappa shape index (κ3) is 6.00. The molecule has 2 aromatic carbocycles. The summed E-state index contributed by atoms with van der Waals surface area (Å²) in [4.78, 5) is 39.0. The standard InChI is InChI=1S/C36H35FN6O2S4/c1-17(43-12-11-22-29(33(39-19(3)44)49-32(22)18(43)2)34-41-24-7-5-6-8-26(24)46-34)13-21-9-10-27-25(14-21)42-36(47-27)31-30-23(37)15-38-16-28(30)48-35(31)40-20(4)45/h5-10,14,17-18,23,38H,11-13,15-16H2,1-4H3,(H,39,44)(H,40,45). The summed E-state index contributed by atoms with van der Waals surface area (Å²) < 4.78 is 17.4. The molecule has 3 atom stereocenters. The first-order valence-corrected chi connectivity index (χ1v) is 19.6. The van der Waals surface area contributed by atoms with Gasteiger partial charge in [0.2, 0.25) is 11.8 Å². The fourth-order valence-corrected chi connectivity index (χ4v) is 12.0. The number of hydrogen-bond acceptors (Lipinski definition) is 10. The number of nitrogens with one attached hydrogen (secondary N) is 3. The molecule has 0 saturated carbocycles. The van der Waals surface area contributed by atoms with Gasteiger partial charge in [-0.05, 0) is 62.1 Å². The van der Waals surface area contributed by atoms with Crippen LogP contribution in [0.3, 0.4) is 0 Å². The number of thiazole rings is 2. The number of halogens is 1. The molecule has 0 bridgehead atoms. The van der Waals surface area contributed by atoms with Crippen LogP contribution in [-0.4, -0.2) is 45.8 Å². The molecule has 2 aliphatic heterocycles. The number of anilines is 2. The van der Waals surface area contributed by atoms with Gasteiger partial charge in [0.25, 0.3) is 0 Å². The summed E-state index contributed by atoms with van der Waals surface area (Å²) >= 11 is 6.32. The van der Waals surface area contributed by atoms with Crippen LogP contribution in [-0.2, 0) is 29.0 Å². The van der Waals surface area contributed by atoms with E-state index in [1.165, 1.54) is 34.3 Å². The molecule has 3 N–H and O–H groups in total. The van der Waals surface area contributed by atoms with Crippen LogP contribution in [0.25, 0.3) is 41.6 Å². The van der Waals surface area contributed by atoms with Gasteiger partial charge >= 0.3 is 0 Å². The highest BCUT2D eigenvalue weighted by molar-refractivity contribution is 7.23. The minimum atomic E-state index is -1.15. The number of rotatable bonds is 7. The van der Waals surface area contributed by atoms with E-state index >= 15 is 4.39 Å². The minimum Gasteiger partial charge on any atom is -0.317 e. The lowest BCUT2D eigenvalue weighted by molar-refractivity contribution is -0.115. The molecule has 8 nitrogen and oxygen atoms in total. The van der Waals surface area contributed by atoms with Gasteiger partial charge in [-0.15, -0.1) is 45.3 Å². The molecule has 0 fully saturated rings. The topological polar surface area (TPSA) is 99.3 Å². The molecule has 252 valence electrons. The Hall–Kier alpha value is -3.59. The molecule has 2 aliphatic rings. The molecule has 0 spiro atoms. The lowest BCUT2D eigenvalue weighted by Gasteiger charge is -2.38. The zero-order valence-electron chi connectivity index (χ0n) is 27.5. The summed E-state index contributed by atoms with van der Waals surface area (Å²) in [5.41, 5.74) is 6.79. The maximum Gasteiger partial charge on any atom is 0.221 e. The van der Waals surface area contributed by atoms with Crippen LogP contribution in [0.1, 0.15) is 66.4 Å². The second-order valence-corrected chi connectivity index (χ2v) is 17.0. The van der Waals surface area contributed by atoms with Gasteiger partial charge in [-0.2, -0.15) is 0 Å². The van der Waals surface area contributed by atoms with Crippen molar-refractivity contribution in [2.24, 2.45) is 0 Å². The van der Waals surface area contributed by atoms with Crippen LogP contribution in [0.4, 0.5) is 14.4 Å². The summed E-state index contributed by atoms with van der Waals surface area (Å²) in [5, 5.41) is 12.4. The van der Waals surface area contributed by atoms with Crippen LogP contribution in [0.15, 0.2) is 42.5 Å². The zero-order valence-corrected chi connectivity index (χ0v) is 30.7. The Bertz CT molecular complexity index is 2220. The average Bonchev–Trinajstić information content (AvgIpc) is 3.82. The lowest BCUT2D eigenvalue weighted by Crippen LogP contribution is -2.40. The Kier molecular flexibility index (Phi) is 8.61. The fraction of sp³-hybridized carbons (Fsp3) is 0.333. The molecule has 0 aliphatic carbocycles. The third-order valence-corrected chi connectivity index (χ3v) is 13.9. The molecule has 49 heavy (non-hydrogen) atoms. The Labute approximate surface area is 299 Å². The molecule has 6 heterocycles. The number of fused-ring (bicyclic) bond motifs is 4. The van der Waals surface area contributed by atoms with Crippen molar-refractivity contribution in [2.45, 2.75) is 65.3 Å². The van der Waals surface area contributed by atoms with Gasteiger partial charge in [0.05, 0.1) is 26.0 Å². The fourth-order valence-electron chi connectivity index (χ4n) is 7.20. The van der Waals surface area contributed by atoms with E-state index in [0.29, 0.717) is 17.1 Å². The summed E-state index contributed by atoms with van der Waals surface area (Å²) in [7, 11) is 0. The number of benzene rings is 2. The molecule has 8 rings (SSSR count). The number of nitrogens with zero attached hydrogens (tertiary/aromatic N) is 3. The van der Waals surface area contributed by atoms with Crippen molar-refractivity contribution in [1.29, 1.82) is 0 Å². The Balaban J connectivity index is 1.07. The summed E-state index contributed by atoms with van der Waals surface area (Å²) in [5.74, 6) is -0.257. The molecule has 6 aromatic rings. The number of aromatic nitrogens is 2. The van der Waals surface area contributed by atoms with Crippen LogP contribution in [0.2, 0.25) is 0 Å². The third-order valence-electron chi connectivity index (χ3n) is 9.33. The average molecular weight is 731 g/mol. The summed E-state index contributed by atoms with van der Waals surface area (Å²) in [6, 6.07) is 15.1. The number of para-hydroxylation sites is 1. The molecule has 13 heteroatoms. The van der Waals surface area contributed by atoms with Crippen LogP contribution in [0, 0.1) is 0 Å². The monoisotopic (exact) mass is 730 g/mol. The largest absolute Gasteiger partial charge is 0.317 e. The number of amides is 2. The van der Waals surface area contributed by atoms with Crippen molar-refractivity contribution >= 4 is 87.6 Å². The number of carbonyl (C=O) groups excluding carboxylic acids is 2. The molecule has 4 aromatic heterocycles. The second kappa shape index (κ2) is 12.9. The van der Waals surface area contributed by atoms with Gasteiger partial charge in [0, 0.05) is 66.4 Å². The normalized spacial score (nSPS) is 18.4. The quantitative estimate of drug-likeness (QED) is 0.152. The first-order chi connectivity index (χ1) is 23.6. The zero-order chi connectivity index (χ0) is 34.0.